The second-order valence-electron chi connectivity index (χ2n) is 7.16. The van der Waals surface area contributed by atoms with Crippen molar-refractivity contribution >= 4 is 11.8 Å². The van der Waals surface area contributed by atoms with Gasteiger partial charge in [-0.05, 0) is 67.1 Å². The lowest BCUT2D eigenvalue weighted by atomic mass is 9.94. The van der Waals surface area contributed by atoms with E-state index in [1.54, 1.807) is 18.0 Å². The Morgan fingerprint density at radius 1 is 1.07 bits per heavy atom. The molecule has 5 nitrogen and oxygen atoms in total. The summed E-state index contributed by atoms with van der Waals surface area (Å²) in [5.41, 5.74) is 4.57. The molecule has 3 rings (SSSR count). The van der Waals surface area contributed by atoms with E-state index in [1.807, 2.05) is 44.2 Å². The first-order valence-corrected chi connectivity index (χ1v) is 9.33. The Bertz CT molecular complexity index is 859. The van der Waals surface area contributed by atoms with Crippen LogP contribution in [0.4, 0.5) is 0 Å². The third-order valence-corrected chi connectivity index (χ3v) is 5.53. The fourth-order valence-corrected chi connectivity index (χ4v) is 3.67. The smallest absolute Gasteiger partial charge is 0.253 e. The van der Waals surface area contributed by atoms with Crippen molar-refractivity contribution in [2.45, 2.75) is 26.7 Å². The van der Waals surface area contributed by atoms with Crippen molar-refractivity contribution in [3.8, 4) is 16.9 Å². The molecule has 142 valence electrons. The lowest BCUT2D eigenvalue weighted by molar-refractivity contribution is -0.125. The van der Waals surface area contributed by atoms with Crippen molar-refractivity contribution < 1.29 is 14.7 Å². The summed E-state index contributed by atoms with van der Waals surface area (Å²) in [5.74, 6) is 0.128. The standard InChI is InChI=1S/C22H26N2O3/c1-14-15(2)20(25)11-10-19(14)16-6-8-17(9-7-16)22(27)24-12-4-5-18(13-24)21(26)23-3/h6-11,18,25H,4-5,12-13H2,1-3H3,(H,23,26)/t18-/m0/s1. The largest absolute Gasteiger partial charge is 0.508 e. The SMILES string of the molecule is CNC(=O)[C@H]1CCCN(C(=O)c2ccc(-c3ccc(O)c(C)c3C)cc2)C1. The maximum atomic E-state index is 12.8. The molecule has 0 aliphatic carbocycles. The third kappa shape index (κ3) is 3.82. The van der Waals surface area contributed by atoms with Gasteiger partial charge in [-0.1, -0.05) is 18.2 Å². The molecule has 0 radical (unpaired) electrons. The number of benzene rings is 2. The highest BCUT2D eigenvalue weighted by molar-refractivity contribution is 5.95. The molecule has 1 saturated heterocycles. The van der Waals surface area contributed by atoms with E-state index in [0.717, 1.165) is 35.1 Å². The van der Waals surface area contributed by atoms with Gasteiger partial charge in [0.1, 0.15) is 5.75 Å². The maximum Gasteiger partial charge on any atom is 0.253 e. The predicted octanol–water partition coefficient (Wildman–Crippen LogP) is 3.27. The molecule has 27 heavy (non-hydrogen) atoms. The van der Waals surface area contributed by atoms with Crippen molar-refractivity contribution in [1.82, 2.24) is 10.2 Å². The van der Waals surface area contributed by atoms with Crippen LogP contribution in [0.1, 0.15) is 34.3 Å². The normalized spacial score (nSPS) is 16.9. The number of nitrogens with one attached hydrogen (secondary N) is 1. The molecule has 0 bridgehead atoms. The number of amides is 2. The second-order valence-corrected chi connectivity index (χ2v) is 7.16. The molecule has 1 fully saturated rings. The highest BCUT2D eigenvalue weighted by Crippen LogP contribution is 2.30. The molecule has 2 N–H and O–H groups in total. The minimum absolute atomic E-state index is 0.000947. The minimum atomic E-state index is -0.130. The summed E-state index contributed by atoms with van der Waals surface area (Å²) >= 11 is 0. The van der Waals surface area contributed by atoms with Crippen LogP contribution in [0, 0.1) is 19.8 Å². The van der Waals surface area contributed by atoms with Gasteiger partial charge in [0.2, 0.25) is 5.91 Å². The highest BCUT2D eigenvalue weighted by atomic mass is 16.3. The Morgan fingerprint density at radius 2 is 1.78 bits per heavy atom. The molecule has 2 aromatic rings. The zero-order chi connectivity index (χ0) is 19.6. The van der Waals surface area contributed by atoms with Gasteiger partial charge >= 0.3 is 0 Å². The number of phenolic OH excluding ortho intramolecular Hbond substituents is 1. The van der Waals surface area contributed by atoms with E-state index in [1.165, 1.54) is 0 Å². The minimum Gasteiger partial charge on any atom is -0.508 e. The Kier molecular flexibility index (Phi) is 5.49. The quantitative estimate of drug-likeness (QED) is 0.876. The van der Waals surface area contributed by atoms with E-state index in [4.69, 9.17) is 0 Å². The molecule has 1 atom stereocenters. The average molecular weight is 366 g/mol. The molecule has 1 aliphatic rings. The van der Waals surface area contributed by atoms with Gasteiger partial charge in [0.05, 0.1) is 5.92 Å². The van der Waals surface area contributed by atoms with E-state index < -0.39 is 0 Å². The molecule has 1 heterocycles. The number of carbonyl (C=O) groups is 2. The number of aromatic hydroxyl groups is 1. The summed E-state index contributed by atoms with van der Waals surface area (Å²) in [4.78, 5) is 26.5. The van der Waals surface area contributed by atoms with E-state index in [-0.39, 0.29) is 17.7 Å². The molecule has 5 heteroatoms. The summed E-state index contributed by atoms with van der Waals surface area (Å²) in [6.45, 7) is 5.03. The van der Waals surface area contributed by atoms with Crippen molar-refractivity contribution in [1.29, 1.82) is 0 Å². The topological polar surface area (TPSA) is 69.6 Å². The number of nitrogens with zero attached hydrogens (tertiary/aromatic N) is 1. The van der Waals surface area contributed by atoms with Crippen LogP contribution in [0.3, 0.4) is 0 Å². The molecule has 0 spiro atoms. The number of carbonyl (C=O) groups excluding carboxylic acids is 2. The number of phenols is 1. The number of likely N-dealkylation sites (tertiary alicyclic amines) is 1. The zero-order valence-corrected chi connectivity index (χ0v) is 16.1. The van der Waals surface area contributed by atoms with Crippen LogP contribution >= 0.6 is 0 Å². The molecule has 2 amide bonds. The predicted molar refractivity (Wildman–Crippen MR) is 106 cm³/mol. The van der Waals surface area contributed by atoms with E-state index in [0.29, 0.717) is 24.4 Å². The molecular weight excluding hydrogens is 340 g/mol. The summed E-state index contributed by atoms with van der Waals surface area (Å²) < 4.78 is 0. The highest BCUT2D eigenvalue weighted by Gasteiger charge is 2.28. The molecule has 2 aromatic carbocycles. The molecule has 1 aliphatic heterocycles. The summed E-state index contributed by atoms with van der Waals surface area (Å²) in [6.07, 6.45) is 1.66. The molecule has 0 saturated carbocycles. The first kappa shape index (κ1) is 19.0. The Morgan fingerprint density at radius 3 is 2.44 bits per heavy atom. The van der Waals surface area contributed by atoms with E-state index in [2.05, 4.69) is 5.32 Å². The monoisotopic (exact) mass is 366 g/mol. The van der Waals surface area contributed by atoms with E-state index >= 15 is 0 Å². The zero-order valence-electron chi connectivity index (χ0n) is 16.1. The van der Waals surface area contributed by atoms with Crippen LogP contribution in [0.2, 0.25) is 0 Å². The van der Waals surface area contributed by atoms with Crippen LogP contribution < -0.4 is 5.32 Å². The fraction of sp³-hybridized carbons (Fsp3) is 0.364. The van der Waals surface area contributed by atoms with Gasteiger partial charge < -0.3 is 15.3 Å². The first-order valence-electron chi connectivity index (χ1n) is 9.33. The Balaban J connectivity index is 1.78. The number of hydrogen-bond donors (Lipinski definition) is 2. The lowest BCUT2D eigenvalue weighted by Gasteiger charge is -2.32. The molecular formula is C22H26N2O3. The summed E-state index contributed by atoms with van der Waals surface area (Å²) in [5, 5.41) is 12.5. The van der Waals surface area contributed by atoms with Crippen LogP contribution in [0.5, 0.6) is 5.75 Å². The van der Waals surface area contributed by atoms with Crippen LogP contribution in [0.25, 0.3) is 11.1 Å². The van der Waals surface area contributed by atoms with Crippen LogP contribution in [0.15, 0.2) is 36.4 Å². The van der Waals surface area contributed by atoms with Crippen molar-refractivity contribution in [2.24, 2.45) is 5.92 Å². The summed E-state index contributed by atoms with van der Waals surface area (Å²) in [6, 6.07) is 11.1. The van der Waals surface area contributed by atoms with Gasteiger partial charge in [-0.3, -0.25) is 9.59 Å². The number of piperidine rings is 1. The van der Waals surface area contributed by atoms with Crippen LogP contribution in [-0.4, -0.2) is 42.0 Å². The second kappa shape index (κ2) is 7.82. The maximum absolute atomic E-state index is 12.8. The van der Waals surface area contributed by atoms with Crippen molar-refractivity contribution in [2.75, 3.05) is 20.1 Å². The average Bonchev–Trinajstić information content (AvgIpc) is 2.71. The molecule has 0 unspecified atom stereocenters. The van der Waals surface area contributed by atoms with Crippen molar-refractivity contribution in [3.63, 3.8) is 0 Å². The Labute approximate surface area is 160 Å². The van der Waals surface area contributed by atoms with Gasteiger partial charge in [0.15, 0.2) is 0 Å². The summed E-state index contributed by atoms with van der Waals surface area (Å²) in [7, 11) is 1.63. The Hall–Kier alpha value is -2.82. The van der Waals surface area contributed by atoms with E-state index in [9.17, 15) is 14.7 Å². The van der Waals surface area contributed by atoms with Crippen LogP contribution in [-0.2, 0) is 4.79 Å². The third-order valence-electron chi connectivity index (χ3n) is 5.53. The lowest BCUT2D eigenvalue weighted by Crippen LogP contribution is -2.44. The van der Waals surface area contributed by atoms with Gasteiger partial charge in [-0.25, -0.2) is 0 Å². The van der Waals surface area contributed by atoms with Gasteiger partial charge in [0, 0.05) is 25.7 Å². The van der Waals surface area contributed by atoms with Crippen molar-refractivity contribution in [3.05, 3.63) is 53.1 Å². The number of rotatable bonds is 3. The molecule has 0 aromatic heterocycles. The van der Waals surface area contributed by atoms with Gasteiger partial charge in [0.25, 0.3) is 5.91 Å². The number of hydrogen-bond acceptors (Lipinski definition) is 3. The fourth-order valence-electron chi connectivity index (χ4n) is 3.67. The van der Waals surface area contributed by atoms with Gasteiger partial charge in [-0.15, -0.1) is 0 Å². The van der Waals surface area contributed by atoms with Gasteiger partial charge in [-0.2, -0.15) is 0 Å². The first-order chi connectivity index (χ1) is 12.9.